The van der Waals surface area contributed by atoms with E-state index < -0.39 is 11.9 Å². The van der Waals surface area contributed by atoms with E-state index in [0.29, 0.717) is 5.69 Å². The molecule has 0 spiro atoms. The summed E-state index contributed by atoms with van der Waals surface area (Å²) in [6.07, 6.45) is 3.70. The Morgan fingerprint density at radius 2 is 2.15 bits per heavy atom. The second kappa shape index (κ2) is 3.98. The summed E-state index contributed by atoms with van der Waals surface area (Å²) in [4.78, 5) is 5.70. The van der Waals surface area contributed by atoms with Gasteiger partial charge in [-0.2, -0.15) is 9.37 Å². The zero-order valence-electron chi connectivity index (χ0n) is 7.44. The molecule has 0 bridgehead atoms. The number of rotatable bonds is 2. The minimum atomic E-state index is -0.778. The number of hydrogen-bond donors (Lipinski definition) is 1. The van der Waals surface area contributed by atoms with Crippen molar-refractivity contribution in [3.8, 4) is 0 Å². The average molecular weight is 184 g/mol. The van der Waals surface area contributed by atoms with Crippen LogP contribution in [0.25, 0.3) is 11.9 Å². The predicted molar refractivity (Wildman–Crippen MR) is 48.0 cm³/mol. The van der Waals surface area contributed by atoms with Gasteiger partial charge in [0, 0.05) is 0 Å². The van der Waals surface area contributed by atoms with Gasteiger partial charge in [-0.25, -0.2) is 4.39 Å². The van der Waals surface area contributed by atoms with Crippen molar-refractivity contribution in [2.45, 2.75) is 13.8 Å². The van der Waals surface area contributed by atoms with Crippen LogP contribution in [0.4, 0.5) is 8.78 Å². The van der Waals surface area contributed by atoms with Gasteiger partial charge in [-0.3, -0.25) is 0 Å². The molecule has 0 fully saturated rings. The molecule has 4 heteroatoms. The number of allylic oxidation sites excluding steroid dienone is 2. The van der Waals surface area contributed by atoms with Gasteiger partial charge >= 0.3 is 0 Å². The lowest BCUT2D eigenvalue weighted by Gasteiger charge is -1.91. The summed E-state index contributed by atoms with van der Waals surface area (Å²) in [6.45, 7) is 3.29. The van der Waals surface area contributed by atoms with Gasteiger partial charge in [0.15, 0.2) is 0 Å². The highest BCUT2D eigenvalue weighted by Gasteiger charge is 2.10. The number of aromatic nitrogens is 2. The third-order valence-electron chi connectivity index (χ3n) is 1.52. The third-order valence-corrected chi connectivity index (χ3v) is 1.52. The number of aromatic amines is 1. The molecule has 13 heavy (non-hydrogen) atoms. The number of nitrogens with zero attached hydrogens (tertiary/aromatic N) is 1. The molecule has 2 nitrogen and oxygen atoms in total. The first kappa shape index (κ1) is 9.64. The van der Waals surface area contributed by atoms with E-state index >= 15 is 0 Å². The van der Waals surface area contributed by atoms with Gasteiger partial charge in [0.25, 0.3) is 6.08 Å². The number of halogens is 2. The highest BCUT2D eigenvalue weighted by Crippen LogP contribution is 2.18. The Morgan fingerprint density at radius 3 is 2.69 bits per heavy atom. The number of nitrogens with one attached hydrogen (secondary N) is 1. The fraction of sp³-hybridized carbons (Fsp3) is 0.222. The second-order valence-electron chi connectivity index (χ2n) is 2.43. The normalized spacial score (nSPS) is 12.8. The Bertz CT molecular complexity index is 350. The minimum Gasteiger partial charge on any atom is -0.314 e. The van der Waals surface area contributed by atoms with Crippen LogP contribution in [0, 0.1) is 6.08 Å². The molecule has 1 heterocycles. The summed E-state index contributed by atoms with van der Waals surface area (Å²) in [5.41, 5.74) is 0.355. The molecule has 0 aromatic carbocycles. The summed E-state index contributed by atoms with van der Waals surface area (Å²) in [5, 5.41) is 0. The third kappa shape index (κ3) is 2.02. The van der Waals surface area contributed by atoms with Gasteiger partial charge in [0.1, 0.15) is 11.5 Å². The standard InChI is InChI=1S/C9H10F2N2/c1-3-5-7-8(6(10)4-2)13-9(11)12-7/h3-5H,1-2H3,(H,12,13)/b5-3-,6-4+. The van der Waals surface area contributed by atoms with Gasteiger partial charge < -0.3 is 4.98 Å². The van der Waals surface area contributed by atoms with E-state index in [1.165, 1.54) is 13.0 Å². The second-order valence-corrected chi connectivity index (χ2v) is 2.43. The zero-order valence-corrected chi connectivity index (χ0v) is 7.44. The highest BCUT2D eigenvalue weighted by molar-refractivity contribution is 5.64. The first-order valence-corrected chi connectivity index (χ1v) is 3.89. The summed E-state index contributed by atoms with van der Waals surface area (Å²) >= 11 is 0. The molecular formula is C9H10F2N2. The van der Waals surface area contributed by atoms with E-state index in [2.05, 4.69) is 9.97 Å². The van der Waals surface area contributed by atoms with Crippen molar-refractivity contribution < 1.29 is 8.78 Å². The van der Waals surface area contributed by atoms with Crippen molar-refractivity contribution in [1.29, 1.82) is 0 Å². The van der Waals surface area contributed by atoms with E-state index in [4.69, 9.17) is 0 Å². The Morgan fingerprint density at radius 1 is 1.46 bits per heavy atom. The average Bonchev–Trinajstić information content (AvgIpc) is 2.46. The Balaban J connectivity index is 3.19. The van der Waals surface area contributed by atoms with Crippen molar-refractivity contribution in [1.82, 2.24) is 9.97 Å². The Hall–Kier alpha value is -1.45. The Labute approximate surface area is 75.0 Å². The van der Waals surface area contributed by atoms with Crippen LogP contribution in [-0.2, 0) is 0 Å². The molecule has 1 aromatic rings. The van der Waals surface area contributed by atoms with Crippen LogP contribution in [0.15, 0.2) is 12.2 Å². The largest absolute Gasteiger partial charge is 0.314 e. The van der Waals surface area contributed by atoms with Crippen LogP contribution >= 0.6 is 0 Å². The summed E-state index contributed by atoms with van der Waals surface area (Å²) in [7, 11) is 0. The van der Waals surface area contributed by atoms with Crippen LogP contribution in [0.3, 0.4) is 0 Å². The molecule has 0 atom stereocenters. The van der Waals surface area contributed by atoms with Crippen molar-refractivity contribution in [2.75, 3.05) is 0 Å². The Kier molecular flexibility index (Phi) is 2.95. The zero-order chi connectivity index (χ0) is 9.84. The van der Waals surface area contributed by atoms with Crippen LogP contribution in [0.5, 0.6) is 0 Å². The fourth-order valence-corrected chi connectivity index (χ4v) is 0.963. The topological polar surface area (TPSA) is 28.7 Å². The van der Waals surface area contributed by atoms with Gasteiger partial charge in [0.2, 0.25) is 0 Å². The quantitative estimate of drug-likeness (QED) is 0.752. The lowest BCUT2D eigenvalue weighted by Crippen LogP contribution is -1.81. The molecule has 0 unspecified atom stereocenters. The van der Waals surface area contributed by atoms with Crippen molar-refractivity contribution >= 4 is 11.9 Å². The molecule has 1 rings (SSSR count). The van der Waals surface area contributed by atoms with Crippen LogP contribution in [0.1, 0.15) is 25.2 Å². The molecule has 0 radical (unpaired) electrons. The van der Waals surface area contributed by atoms with Crippen molar-refractivity contribution in [2.24, 2.45) is 0 Å². The first-order chi connectivity index (χ1) is 6.19. The van der Waals surface area contributed by atoms with E-state index in [1.807, 2.05) is 0 Å². The minimum absolute atomic E-state index is 0.0121. The maximum absolute atomic E-state index is 13.0. The summed E-state index contributed by atoms with van der Waals surface area (Å²) in [6, 6.07) is 0. The van der Waals surface area contributed by atoms with Gasteiger partial charge in [-0.1, -0.05) is 6.08 Å². The molecule has 0 amide bonds. The molecule has 0 aliphatic rings. The molecular weight excluding hydrogens is 174 g/mol. The summed E-state index contributed by atoms with van der Waals surface area (Å²) in [5.74, 6) is -0.534. The molecule has 0 aliphatic heterocycles. The van der Waals surface area contributed by atoms with E-state index in [0.717, 1.165) is 0 Å². The number of hydrogen-bond acceptors (Lipinski definition) is 1. The van der Waals surface area contributed by atoms with Crippen LogP contribution < -0.4 is 0 Å². The van der Waals surface area contributed by atoms with Crippen LogP contribution in [-0.4, -0.2) is 9.97 Å². The first-order valence-electron chi connectivity index (χ1n) is 3.89. The predicted octanol–water partition coefficient (Wildman–Crippen LogP) is 2.91. The molecule has 0 saturated heterocycles. The van der Waals surface area contributed by atoms with Crippen LogP contribution in [0.2, 0.25) is 0 Å². The van der Waals surface area contributed by atoms with Crippen molar-refractivity contribution in [3.63, 3.8) is 0 Å². The molecule has 70 valence electrons. The maximum Gasteiger partial charge on any atom is 0.287 e. The van der Waals surface area contributed by atoms with Gasteiger partial charge in [-0.15, -0.1) is 0 Å². The maximum atomic E-state index is 13.0. The van der Waals surface area contributed by atoms with Crippen molar-refractivity contribution in [3.05, 3.63) is 29.6 Å². The molecule has 1 aromatic heterocycles. The van der Waals surface area contributed by atoms with E-state index in [9.17, 15) is 8.78 Å². The van der Waals surface area contributed by atoms with Gasteiger partial charge in [-0.05, 0) is 26.0 Å². The molecule has 0 saturated carbocycles. The van der Waals surface area contributed by atoms with Gasteiger partial charge in [0.05, 0.1) is 5.69 Å². The smallest absolute Gasteiger partial charge is 0.287 e. The SMILES string of the molecule is C/C=C\c1[nH]c(F)nc1/C(F)=C\C. The highest BCUT2D eigenvalue weighted by atomic mass is 19.1. The van der Waals surface area contributed by atoms with E-state index in [-0.39, 0.29) is 5.69 Å². The lowest BCUT2D eigenvalue weighted by atomic mass is 10.2. The monoisotopic (exact) mass is 184 g/mol. The molecule has 0 aliphatic carbocycles. The number of imidazole rings is 1. The summed E-state index contributed by atoms with van der Waals surface area (Å²) < 4.78 is 25.7. The van der Waals surface area contributed by atoms with E-state index in [1.54, 1.807) is 19.1 Å². The lowest BCUT2D eigenvalue weighted by molar-refractivity contribution is 0.550. The number of H-pyrrole nitrogens is 1. The fourth-order valence-electron chi connectivity index (χ4n) is 0.963. The molecule has 1 N–H and O–H groups in total.